The van der Waals surface area contributed by atoms with Gasteiger partial charge >= 0.3 is 0 Å². The van der Waals surface area contributed by atoms with Gasteiger partial charge in [0.1, 0.15) is 0 Å². The lowest BCUT2D eigenvalue weighted by Crippen LogP contribution is -2.14. The molecule has 0 amide bonds. The van der Waals surface area contributed by atoms with Crippen LogP contribution in [0.15, 0.2) is 18.2 Å². The highest BCUT2D eigenvalue weighted by molar-refractivity contribution is 5.31. The Balaban J connectivity index is 1.93. The van der Waals surface area contributed by atoms with Gasteiger partial charge in [0, 0.05) is 12.6 Å². The zero-order chi connectivity index (χ0) is 13.0. The molecule has 4 heteroatoms. The summed E-state index contributed by atoms with van der Waals surface area (Å²) in [7, 11) is 1.46. The fourth-order valence-corrected chi connectivity index (χ4v) is 2.31. The zero-order valence-corrected chi connectivity index (χ0v) is 10.7. The van der Waals surface area contributed by atoms with Gasteiger partial charge in [-0.25, -0.2) is 4.39 Å². The van der Waals surface area contributed by atoms with Gasteiger partial charge in [-0.2, -0.15) is 0 Å². The van der Waals surface area contributed by atoms with Crippen LogP contribution < -0.4 is 10.5 Å². The van der Waals surface area contributed by atoms with Crippen LogP contribution in [0.1, 0.15) is 37.3 Å². The van der Waals surface area contributed by atoms with Crippen LogP contribution in [0.5, 0.6) is 5.75 Å². The lowest BCUT2D eigenvalue weighted by molar-refractivity contribution is 0.101. The van der Waals surface area contributed by atoms with Crippen LogP contribution in [0.4, 0.5) is 4.39 Å². The van der Waals surface area contributed by atoms with Crippen molar-refractivity contribution in [1.82, 2.24) is 0 Å². The third-order valence-corrected chi connectivity index (χ3v) is 3.43. The third-order valence-electron chi connectivity index (χ3n) is 3.43. The largest absolute Gasteiger partial charge is 0.494 e. The highest BCUT2D eigenvalue weighted by atomic mass is 19.1. The SMILES string of the molecule is COc1cc(C(N)CCC2CCCO2)ccc1F. The topological polar surface area (TPSA) is 44.5 Å². The van der Waals surface area contributed by atoms with E-state index in [2.05, 4.69) is 0 Å². The van der Waals surface area contributed by atoms with Gasteiger partial charge in [-0.1, -0.05) is 6.07 Å². The van der Waals surface area contributed by atoms with E-state index in [-0.39, 0.29) is 17.6 Å². The molecule has 2 unspecified atom stereocenters. The van der Waals surface area contributed by atoms with E-state index >= 15 is 0 Å². The van der Waals surface area contributed by atoms with Crippen LogP contribution in [-0.2, 0) is 4.74 Å². The Kier molecular flexibility index (Phi) is 4.55. The van der Waals surface area contributed by atoms with Crippen LogP contribution in [0.2, 0.25) is 0 Å². The lowest BCUT2D eigenvalue weighted by atomic mass is 10.00. The van der Waals surface area contributed by atoms with Crippen molar-refractivity contribution < 1.29 is 13.9 Å². The van der Waals surface area contributed by atoms with Gasteiger partial charge in [0.15, 0.2) is 11.6 Å². The number of nitrogens with two attached hydrogens (primary N) is 1. The summed E-state index contributed by atoms with van der Waals surface area (Å²) in [4.78, 5) is 0. The Labute approximate surface area is 107 Å². The van der Waals surface area contributed by atoms with Gasteiger partial charge in [-0.15, -0.1) is 0 Å². The molecule has 2 N–H and O–H groups in total. The van der Waals surface area contributed by atoms with E-state index in [0.29, 0.717) is 6.10 Å². The van der Waals surface area contributed by atoms with Crippen LogP contribution in [0.25, 0.3) is 0 Å². The predicted octanol–water partition coefficient (Wildman–Crippen LogP) is 2.79. The van der Waals surface area contributed by atoms with Crippen LogP contribution in [-0.4, -0.2) is 19.8 Å². The number of hydrogen-bond donors (Lipinski definition) is 1. The molecule has 1 fully saturated rings. The molecule has 0 bridgehead atoms. The fourth-order valence-electron chi connectivity index (χ4n) is 2.31. The molecular weight excluding hydrogens is 233 g/mol. The van der Waals surface area contributed by atoms with Gasteiger partial charge in [-0.3, -0.25) is 0 Å². The van der Waals surface area contributed by atoms with Gasteiger partial charge in [0.25, 0.3) is 0 Å². The highest BCUT2D eigenvalue weighted by Gasteiger charge is 2.17. The van der Waals surface area contributed by atoms with Crippen molar-refractivity contribution in [3.8, 4) is 5.75 Å². The maximum Gasteiger partial charge on any atom is 0.165 e. The van der Waals surface area contributed by atoms with E-state index in [9.17, 15) is 4.39 Å². The molecule has 0 radical (unpaired) electrons. The Hall–Kier alpha value is -1.13. The predicted molar refractivity (Wildman–Crippen MR) is 68.1 cm³/mol. The van der Waals surface area contributed by atoms with Crippen molar-refractivity contribution in [2.24, 2.45) is 5.73 Å². The molecule has 100 valence electrons. The van der Waals surface area contributed by atoms with Gasteiger partial charge in [0.2, 0.25) is 0 Å². The molecule has 2 rings (SSSR count). The summed E-state index contributed by atoms with van der Waals surface area (Å²) in [5.74, 6) is -0.104. The van der Waals surface area contributed by atoms with E-state index in [1.807, 2.05) is 0 Å². The summed E-state index contributed by atoms with van der Waals surface area (Å²) in [6.07, 6.45) is 4.42. The first-order valence-corrected chi connectivity index (χ1v) is 6.41. The molecule has 0 aromatic heterocycles. The van der Waals surface area contributed by atoms with Gasteiger partial charge in [0.05, 0.1) is 13.2 Å². The van der Waals surface area contributed by atoms with Crippen LogP contribution >= 0.6 is 0 Å². The van der Waals surface area contributed by atoms with Crippen molar-refractivity contribution in [2.75, 3.05) is 13.7 Å². The fraction of sp³-hybridized carbons (Fsp3) is 0.571. The van der Waals surface area contributed by atoms with Crippen LogP contribution in [0, 0.1) is 5.82 Å². The summed E-state index contributed by atoms with van der Waals surface area (Å²) in [6.45, 7) is 0.865. The Morgan fingerprint density at radius 1 is 1.56 bits per heavy atom. The van der Waals surface area contributed by atoms with E-state index < -0.39 is 0 Å². The number of ether oxygens (including phenoxy) is 2. The average Bonchev–Trinajstić information content (AvgIpc) is 2.89. The van der Waals surface area contributed by atoms with Crippen molar-refractivity contribution in [1.29, 1.82) is 0 Å². The second kappa shape index (κ2) is 6.16. The van der Waals surface area contributed by atoms with Crippen molar-refractivity contribution in [3.63, 3.8) is 0 Å². The van der Waals surface area contributed by atoms with Crippen molar-refractivity contribution >= 4 is 0 Å². The molecule has 0 aliphatic carbocycles. The second-order valence-corrected chi connectivity index (χ2v) is 4.71. The summed E-state index contributed by atoms with van der Waals surface area (Å²) < 4.78 is 23.8. The molecule has 3 nitrogen and oxygen atoms in total. The van der Waals surface area contributed by atoms with Crippen molar-refractivity contribution in [2.45, 2.75) is 37.8 Å². The number of hydrogen-bond acceptors (Lipinski definition) is 3. The summed E-state index contributed by atoms with van der Waals surface area (Å²) >= 11 is 0. The molecule has 0 spiro atoms. The van der Waals surface area contributed by atoms with Crippen LogP contribution in [0.3, 0.4) is 0 Å². The molecule has 1 heterocycles. The molecule has 1 aliphatic rings. The molecule has 0 saturated carbocycles. The molecule has 2 atom stereocenters. The summed E-state index contributed by atoms with van der Waals surface area (Å²) in [5, 5.41) is 0. The maximum atomic E-state index is 13.3. The van der Waals surface area contributed by atoms with Gasteiger partial charge in [-0.05, 0) is 43.4 Å². The number of benzene rings is 1. The van der Waals surface area contributed by atoms with E-state index in [4.69, 9.17) is 15.2 Å². The minimum atomic E-state index is -0.354. The number of rotatable bonds is 5. The Bertz CT molecular complexity index is 391. The highest BCUT2D eigenvalue weighted by Crippen LogP contribution is 2.26. The number of methoxy groups -OCH3 is 1. The Morgan fingerprint density at radius 2 is 2.39 bits per heavy atom. The van der Waals surface area contributed by atoms with E-state index in [0.717, 1.165) is 37.9 Å². The molecular formula is C14H20FNO2. The van der Waals surface area contributed by atoms with E-state index in [1.165, 1.54) is 13.2 Å². The molecule has 18 heavy (non-hydrogen) atoms. The van der Waals surface area contributed by atoms with Crippen molar-refractivity contribution in [3.05, 3.63) is 29.6 Å². The molecule has 1 saturated heterocycles. The zero-order valence-electron chi connectivity index (χ0n) is 10.7. The second-order valence-electron chi connectivity index (χ2n) is 4.71. The normalized spacial score (nSPS) is 20.9. The average molecular weight is 253 g/mol. The third kappa shape index (κ3) is 3.21. The minimum Gasteiger partial charge on any atom is -0.494 e. The first-order valence-electron chi connectivity index (χ1n) is 6.41. The smallest absolute Gasteiger partial charge is 0.165 e. The lowest BCUT2D eigenvalue weighted by Gasteiger charge is -2.16. The quantitative estimate of drug-likeness (QED) is 0.877. The van der Waals surface area contributed by atoms with E-state index in [1.54, 1.807) is 12.1 Å². The standard InChI is InChI=1S/C14H20FNO2/c1-17-14-9-10(4-6-12(14)15)13(16)7-5-11-3-2-8-18-11/h4,6,9,11,13H,2-3,5,7-8,16H2,1H3. The Morgan fingerprint density at radius 3 is 3.06 bits per heavy atom. The molecule has 1 aromatic carbocycles. The molecule has 1 aromatic rings. The summed E-state index contributed by atoms with van der Waals surface area (Å²) in [6, 6.07) is 4.71. The summed E-state index contributed by atoms with van der Waals surface area (Å²) in [5.41, 5.74) is 7.02. The minimum absolute atomic E-state index is 0.0938. The first kappa shape index (κ1) is 13.3. The van der Waals surface area contributed by atoms with Gasteiger partial charge < -0.3 is 15.2 Å². The monoisotopic (exact) mass is 253 g/mol. The first-order chi connectivity index (χ1) is 8.70. The maximum absolute atomic E-state index is 13.3. The molecule has 1 aliphatic heterocycles. The number of halogens is 1.